The number of nitrogens with two attached hydrogens (primary N) is 2. The first-order chi connectivity index (χ1) is 7.59. The smallest absolute Gasteiger partial charge is 0.0396 e. The van der Waals surface area contributed by atoms with E-state index in [1.165, 1.54) is 11.1 Å². The van der Waals surface area contributed by atoms with Crippen LogP contribution >= 0.6 is 0 Å². The lowest BCUT2D eigenvalue weighted by atomic mass is 9.95. The van der Waals surface area contributed by atoms with Crippen LogP contribution in [0.3, 0.4) is 0 Å². The second-order valence-electron chi connectivity index (χ2n) is 4.11. The lowest BCUT2D eigenvalue weighted by molar-refractivity contribution is 1.41. The molecule has 2 heteroatoms. The van der Waals surface area contributed by atoms with Gasteiger partial charge in [-0.1, -0.05) is 18.2 Å². The van der Waals surface area contributed by atoms with E-state index in [9.17, 15) is 0 Å². The Kier molecular flexibility index (Phi) is 2.57. The first kappa shape index (κ1) is 10.6. The summed E-state index contributed by atoms with van der Waals surface area (Å²) >= 11 is 0. The van der Waals surface area contributed by atoms with Crippen molar-refractivity contribution in [2.24, 2.45) is 0 Å². The van der Waals surface area contributed by atoms with Gasteiger partial charge in [0, 0.05) is 16.9 Å². The summed E-state index contributed by atoms with van der Waals surface area (Å²) in [5, 5.41) is 0. The standard InChI is InChI=1S/C14H16N2/c1-9-6-7-11(15)8-12(9)14-10(2)4-3-5-13(14)16/h3-8H,15-16H2,1-2H3. The minimum absolute atomic E-state index is 0.767. The summed E-state index contributed by atoms with van der Waals surface area (Å²) in [5.41, 5.74) is 18.0. The van der Waals surface area contributed by atoms with Crippen molar-refractivity contribution in [2.45, 2.75) is 13.8 Å². The Balaban J connectivity index is 2.72. The number of nitrogen functional groups attached to an aromatic ring is 2. The first-order valence-electron chi connectivity index (χ1n) is 5.31. The Morgan fingerprint density at radius 3 is 2.31 bits per heavy atom. The molecule has 2 aromatic rings. The topological polar surface area (TPSA) is 52.0 Å². The van der Waals surface area contributed by atoms with E-state index in [0.29, 0.717) is 0 Å². The number of hydrogen-bond acceptors (Lipinski definition) is 2. The molecule has 0 aliphatic rings. The van der Waals surface area contributed by atoms with Crippen molar-refractivity contribution in [3.63, 3.8) is 0 Å². The van der Waals surface area contributed by atoms with Crippen LogP contribution in [0.2, 0.25) is 0 Å². The van der Waals surface area contributed by atoms with Crippen LogP contribution in [0.4, 0.5) is 11.4 Å². The molecule has 0 heterocycles. The molecule has 0 fully saturated rings. The lowest BCUT2D eigenvalue weighted by Gasteiger charge is -2.12. The van der Waals surface area contributed by atoms with Gasteiger partial charge in [-0.3, -0.25) is 0 Å². The molecular weight excluding hydrogens is 196 g/mol. The molecule has 0 saturated heterocycles. The van der Waals surface area contributed by atoms with Crippen molar-refractivity contribution in [2.75, 3.05) is 11.5 Å². The number of anilines is 2. The number of rotatable bonds is 1. The van der Waals surface area contributed by atoms with Gasteiger partial charge in [-0.05, 0) is 48.7 Å². The summed E-state index contributed by atoms with van der Waals surface area (Å²) in [6.07, 6.45) is 0. The van der Waals surface area contributed by atoms with Crippen molar-refractivity contribution in [1.29, 1.82) is 0 Å². The maximum atomic E-state index is 6.03. The molecule has 0 bridgehead atoms. The SMILES string of the molecule is Cc1ccc(N)cc1-c1c(C)cccc1N. The van der Waals surface area contributed by atoms with E-state index >= 15 is 0 Å². The van der Waals surface area contributed by atoms with Crippen LogP contribution in [0.25, 0.3) is 11.1 Å². The third kappa shape index (κ3) is 1.74. The highest BCUT2D eigenvalue weighted by molar-refractivity contribution is 5.82. The Labute approximate surface area is 95.9 Å². The monoisotopic (exact) mass is 212 g/mol. The summed E-state index contributed by atoms with van der Waals surface area (Å²) in [6.45, 7) is 4.13. The third-order valence-electron chi connectivity index (χ3n) is 2.84. The molecule has 0 radical (unpaired) electrons. The predicted octanol–water partition coefficient (Wildman–Crippen LogP) is 3.13. The van der Waals surface area contributed by atoms with Crippen molar-refractivity contribution in [3.05, 3.63) is 47.5 Å². The van der Waals surface area contributed by atoms with Crippen LogP contribution in [0.5, 0.6) is 0 Å². The van der Waals surface area contributed by atoms with Crippen molar-refractivity contribution >= 4 is 11.4 Å². The largest absolute Gasteiger partial charge is 0.399 e. The lowest BCUT2D eigenvalue weighted by Crippen LogP contribution is -1.95. The highest BCUT2D eigenvalue weighted by Gasteiger charge is 2.08. The number of benzene rings is 2. The van der Waals surface area contributed by atoms with E-state index in [-0.39, 0.29) is 0 Å². The molecule has 0 amide bonds. The van der Waals surface area contributed by atoms with Crippen LogP contribution in [0.15, 0.2) is 36.4 Å². The summed E-state index contributed by atoms with van der Waals surface area (Å²) in [4.78, 5) is 0. The molecule has 0 aliphatic carbocycles. The molecule has 0 atom stereocenters. The molecule has 0 spiro atoms. The van der Waals surface area contributed by atoms with Gasteiger partial charge in [0.2, 0.25) is 0 Å². The third-order valence-corrected chi connectivity index (χ3v) is 2.84. The predicted molar refractivity (Wildman–Crippen MR) is 70.2 cm³/mol. The Morgan fingerprint density at radius 2 is 1.62 bits per heavy atom. The number of aryl methyl sites for hydroxylation is 2. The van der Waals surface area contributed by atoms with Crippen LogP contribution < -0.4 is 11.5 Å². The quantitative estimate of drug-likeness (QED) is 0.713. The molecule has 16 heavy (non-hydrogen) atoms. The van der Waals surface area contributed by atoms with Crippen molar-refractivity contribution in [3.8, 4) is 11.1 Å². The van der Waals surface area contributed by atoms with Crippen molar-refractivity contribution in [1.82, 2.24) is 0 Å². The summed E-state index contributed by atoms with van der Waals surface area (Å²) in [6, 6.07) is 11.9. The van der Waals surface area contributed by atoms with E-state index in [1.54, 1.807) is 0 Å². The zero-order chi connectivity index (χ0) is 11.7. The number of hydrogen-bond donors (Lipinski definition) is 2. The van der Waals surface area contributed by atoms with E-state index in [2.05, 4.69) is 19.9 Å². The molecular formula is C14H16N2. The van der Waals surface area contributed by atoms with Crippen LogP contribution in [0, 0.1) is 13.8 Å². The average Bonchev–Trinajstić information content (AvgIpc) is 2.23. The summed E-state index contributed by atoms with van der Waals surface area (Å²) < 4.78 is 0. The highest BCUT2D eigenvalue weighted by atomic mass is 14.6. The highest BCUT2D eigenvalue weighted by Crippen LogP contribution is 2.32. The molecule has 82 valence electrons. The van der Waals surface area contributed by atoms with Gasteiger partial charge < -0.3 is 11.5 Å². The molecule has 0 saturated carbocycles. The molecule has 0 unspecified atom stereocenters. The van der Waals surface area contributed by atoms with Gasteiger partial charge in [-0.15, -0.1) is 0 Å². The fourth-order valence-corrected chi connectivity index (χ4v) is 1.97. The van der Waals surface area contributed by atoms with E-state index in [0.717, 1.165) is 22.5 Å². The molecule has 2 nitrogen and oxygen atoms in total. The maximum Gasteiger partial charge on any atom is 0.0396 e. The molecule has 4 N–H and O–H groups in total. The fourth-order valence-electron chi connectivity index (χ4n) is 1.97. The van der Waals surface area contributed by atoms with Crippen LogP contribution in [0.1, 0.15) is 11.1 Å². The van der Waals surface area contributed by atoms with Gasteiger partial charge >= 0.3 is 0 Å². The summed E-state index contributed by atoms with van der Waals surface area (Å²) in [7, 11) is 0. The van der Waals surface area contributed by atoms with Gasteiger partial charge in [0.25, 0.3) is 0 Å². The van der Waals surface area contributed by atoms with Crippen LogP contribution in [-0.2, 0) is 0 Å². The first-order valence-corrected chi connectivity index (χ1v) is 5.31. The van der Waals surface area contributed by atoms with E-state index in [1.807, 2.05) is 30.3 Å². The maximum absolute atomic E-state index is 6.03. The van der Waals surface area contributed by atoms with Gasteiger partial charge in [0.15, 0.2) is 0 Å². The van der Waals surface area contributed by atoms with Gasteiger partial charge in [0.05, 0.1) is 0 Å². The molecule has 0 aliphatic heterocycles. The molecule has 2 aromatic carbocycles. The second kappa shape index (κ2) is 3.89. The Hall–Kier alpha value is -1.96. The second-order valence-corrected chi connectivity index (χ2v) is 4.11. The van der Waals surface area contributed by atoms with Crippen LogP contribution in [-0.4, -0.2) is 0 Å². The zero-order valence-electron chi connectivity index (χ0n) is 9.62. The fraction of sp³-hybridized carbons (Fsp3) is 0.143. The Morgan fingerprint density at radius 1 is 0.875 bits per heavy atom. The van der Waals surface area contributed by atoms with Crippen molar-refractivity contribution < 1.29 is 0 Å². The van der Waals surface area contributed by atoms with E-state index in [4.69, 9.17) is 11.5 Å². The van der Waals surface area contributed by atoms with Gasteiger partial charge in [0.1, 0.15) is 0 Å². The molecule has 2 rings (SSSR count). The minimum atomic E-state index is 0.767. The van der Waals surface area contributed by atoms with Gasteiger partial charge in [-0.25, -0.2) is 0 Å². The summed E-state index contributed by atoms with van der Waals surface area (Å²) in [5.74, 6) is 0. The minimum Gasteiger partial charge on any atom is -0.399 e. The van der Waals surface area contributed by atoms with E-state index < -0.39 is 0 Å². The average molecular weight is 212 g/mol. The van der Waals surface area contributed by atoms with Gasteiger partial charge in [-0.2, -0.15) is 0 Å². The zero-order valence-corrected chi connectivity index (χ0v) is 9.62. The Bertz CT molecular complexity index is 510. The molecule has 0 aromatic heterocycles. The normalized spacial score (nSPS) is 10.4.